The maximum atomic E-state index is 12.0. The Bertz CT molecular complexity index is 248. The highest BCUT2D eigenvalue weighted by molar-refractivity contribution is 5.76. The van der Waals surface area contributed by atoms with Gasteiger partial charge in [-0.1, -0.05) is 6.92 Å². The number of amides is 1. The molecular formula is C13H24N2O. The van der Waals surface area contributed by atoms with E-state index in [0.29, 0.717) is 11.8 Å². The van der Waals surface area contributed by atoms with E-state index in [1.165, 1.54) is 19.3 Å². The Hall–Kier alpha value is -0.570. The molecule has 1 heterocycles. The lowest BCUT2D eigenvalue weighted by molar-refractivity contribution is -0.131. The van der Waals surface area contributed by atoms with E-state index >= 15 is 0 Å². The fourth-order valence-electron chi connectivity index (χ4n) is 2.60. The predicted octanol–water partition coefficient (Wildman–Crippen LogP) is 1.49. The molecule has 92 valence electrons. The Kier molecular flexibility index (Phi) is 3.85. The van der Waals surface area contributed by atoms with Gasteiger partial charge >= 0.3 is 0 Å². The molecule has 0 aromatic heterocycles. The Morgan fingerprint density at radius 3 is 2.56 bits per heavy atom. The van der Waals surface area contributed by atoms with Crippen molar-refractivity contribution in [1.82, 2.24) is 10.2 Å². The van der Waals surface area contributed by atoms with Crippen LogP contribution >= 0.6 is 0 Å². The maximum absolute atomic E-state index is 12.0. The molecule has 2 unspecified atom stereocenters. The second-order valence-corrected chi connectivity index (χ2v) is 5.64. The number of carbonyl (C=O) groups excluding carboxylic acids is 1. The summed E-state index contributed by atoms with van der Waals surface area (Å²) >= 11 is 0. The van der Waals surface area contributed by atoms with Crippen molar-refractivity contribution in [2.24, 2.45) is 17.8 Å². The minimum absolute atomic E-state index is 0.353. The minimum Gasteiger partial charge on any atom is -0.345 e. The quantitative estimate of drug-likeness (QED) is 0.784. The molecular weight excluding hydrogens is 200 g/mol. The predicted molar refractivity (Wildman–Crippen MR) is 65.1 cm³/mol. The van der Waals surface area contributed by atoms with E-state index in [-0.39, 0.29) is 0 Å². The minimum atomic E-state index is 0.353. The molecule has 2 atom stereocenters. The average molecular weight is 224 g/mol. The van der Waals surface area contributed by atoms with E-state index in [9.17, 15) is 4.79 Å². The van der Waals surface area contributed by atoms with Gasteiger partial charge in [-0.15, -0.1) is 0 Å². The Balaban J connectivity index is 1.69. The second kappa shape index (κ2) is 5.17. The highest BCUT2D eigenvalue weighted by Gasteiger charge is 2.34. The SMILES string of the molecule is CC1CC1CN(C)C(=O)CC1CCNCC1. The van der Waals surface area contributed by atoms with E-state index < -0.39 is 0 Å². The van der Waals surface area contributed by atoms with Gasteiger partial charge in [0.2, 0.25) is 5.91 Å². The first-order chi connectivity index (χ1) is 7.66. The van der Waals surface area contributed by atoms with E-state index in [0.717, 1.165) is 37.9 Å². The van der Waals surface area contributed by atoms with Gasteiger partial charge in [0.1, 0.15) is 0 Å². The third-order valence-electron chi connectivity index (χ3n) is 4.13. The van der Waals surface area contributed by atoms with Gasteiger partial charge in [-0.2, -0.15) is 0 Å². The van der Waals surface area contributed by atoms with Crippen LogP contribution in [0.4, 0.5) is 0 Å². The molecule has 2 aliphatic rings. The molecule has 0 aromatic rings. The van der Waals surface area contributed by atoms with Crippen molar-refractivity contribution in [3.8, 4) is 0 Å². The van der Waals surface area contributed by atoms with Crippen LogP contribution in [0.2, 0.25) is 0 Å². The van der Waals surface area contributed by atoms with Gasteiger partial charge in [0.15, 0.2) is 0 Å². The van der Waals surface area contributed by atoms with Gasteiger partial charge in [-0.3, -0.25) is 4.79 Å². The van der Waals surface area contributed by atoms with Crippen molar-refractivity contribution in [2.75, 3.05) is 26.7 Å². The first-order valence-corrected chi connectivity index (χ1v) is 6.61. The molecule has 0 bridgehead atoms. The topological polar surface area (TPSA) is 32.3 Å². The normalized spacial score (nSPS) is 30.1. The first-order valence-electron chi connectivity index (χ1n) is 6.61. The number of piperidine rings is 1. The van der Waals surface area contributed by atoms with Gasteiger partial charge < -0.3 is 10.2 Å². The van der Waals surface area contributed by atoms with Crippen LogP contribution < -0.4 is 5.32 Å². The van der Waals surface area contributed by atoms with Crippen LogP contribution in [-0.2, 0) is 4.79 Å². The van der Waals surface area contributed by atoms with Crippen LogP contribution in [0.3, 0.4) is 0 Å². The molecule has 1 amide bonds. The number of hydrogen-bond acceptors (Lipinski definition) is 2. The fourth-order valence-corrected chi connectivity index (χ4v) is 2.60. The standard InChI is InChI=1S/C13H24N2O/c1-10-7-12(10)9-15(2)13(16)8-11-3-5-14-6-4-11/h10-12,14H,3-9H2,1-2H3. The smallest absolute Gasteiger partial charge is 0.222 e. The molecule has 2 fully saturated rings. The van der Waals surface area contributed by atoms with Crippen molar-refractivity contribution in [1.29, 1.82) is 0 Å². The van der Waals surface area contributed by atoms with Crippen LogP contribution in [-0.4, -0.2) is 37.5 Å². The van der Waals surface area contributed by atoms with E-state index in [1.807, 2.05) is 11.9 Å². The highest BCUT2D eigenvalue weighted by atomic mass is 16.2. The summed E-state index contributed by atoms with van der Waals surface area (Å²) in [7, 11) is 1.97. The third-order valence-corrected chi connectivity index (χ3v) is 4.13. The summed E-state index contributed by atoms with van der Waals surface area (Å²) in [6.07, 6.45) is 4.41. The summed E-state index contributed by atoms with van der Waals surface area (Å²) in [6.45, 7) is 5.42. The monoisotopic (exact) mass is 224 g/mol. The summed E-state index contributed by atoms with van der Waals surface area (Å²) in [5.41, 5.74) is 0. The zero-order valence-electron chi connectivity index (χ0n) is 10.5. The van der Waals surface area contributed by atoms with Crippen LogP contribution in [0, 0.1) is 17.8 Å². The molecule has 2 rings (SSSR count). The zero-order chi connectivity index (χ0) is 11.5. The number of nitrogens with one attached hydrogen (secondary N) is 1. The fraction of sp³-hybridized carbons (Fsp3) is 0.923. The van der Waals surface area contributed by atoms with Crippen molar-refractivity contribution in [3.05, 3.63) is 0 Å². The summed E-state index contributed by atoms with van der Waals surface area (Å²) in [4.78, 5) is 13.9. The molecule has 1 aliphatic heterocycles. The lowest BCUT2D eigenvalue weighted by Gasteiger charge is -2.25. The van der Waals surface area contributed by atoms with Crippen molar-refractivity contribution >= 4 is 5.91 Å². The van der Waals surface area contributed by atoms with Gasteiger partial charge in [0.05, 0.1) is 0 Å². The van der Waals surface area contributed by atoms with Crippen LogP contribution in [0.25, 0.3) is 0 Å². The van der Waals surface area contributed by atoms with Crippen molar-refractivity contribution < 1.29 is 4.79 Å². The summed E-state index contributed by atoms with van der Waals surface area (Å²) < 4.78 is 0. The van der Waals surface area contributed by atoms with Gasteiger partial charge in [-0.25, -0.2) is 0 Å². The van der Waals surface area contributed by atoms with E-state index in [2.05, 4.69) is 12.2 Å². The zero-order valence-corrected chi connectivity index (χ0v) is 10.5. The first kappa shape index (κ1) is 11.9. The summed E-state index contributed by atoms with van der Waals surface area (Å²) in [5, 5.41) is 3.34. The van der Waals surface area contributed by atoms with Crippen LogP contribution in [0.5, 0.6) is 0 Å². The molecule has 16 heavy (non-hydrogen) atoms. The number of carbonyl (C=O) groups is 1. The van der Waals surface area contributed by atoms with Crippen LogP contribution in [0.15, 0.2) is 0 Å². The van der Waals surface area contributed by atoms with Gasteiger partial charge in [-0.05, 0) is 50.1 Å². The third kappa shape index (κ3) is 3.21. The lowest BCUT2D eigenvalue weighted by Crippen LogP contribution is -2.34. The molecule has 0 radical (unpaired) electrons. The average Bonchev–Trinajstić information content (AvgIpc) is 2.95. The Morgan fingerprint density at radius 1 is 1.38 bits per heavy atom. The molecule has 1 saturated carbocycles. The number of nitrogens with zero attached hydrogens (tertiary/aromatic N) is 1. The molecule has 1 N–H and O–H groups in total. The summed E-state index contributed by atoms with van der Waals surface area (Å²) in [5.74, 6) is 2.59. The van der Waals surface area contributed by atoms with Gasteiger partial charge in [0, 0.05) is 20.0 Å². The number of rotatable bonds is 4. The van der Waals surface area contributed by atoms with E-state index in [4.69, 9.17) is 0 Å². The molecule has 0 aromatic carbocycles. The Labute approximate surface area is 98.6 Å². The van der Waals surface area contributed by atoms with Crippen molar-refractivity contribution in [3.63, 3.8) is 0 Å². The molecule has 1 saturated heterocycles. The van der Waals surface area contributed by atoms with Gasteiger partial charge in [0.25, 0.3) is 0 Å². The molecule has 1 aliphatic carbocycles. The van der Waals surface area contributed by atoms with Crippen molar-refractivity contribution in [2.45, 2.75) is 32.6 Å². The second-order valence-electron chi connectivity index (χ2n) is 5.64. The highest BCUT2D eigenvalue weighted by Crippen LogP contribution is 2.38. The largest absolute Gasteiger partial charge is 0.345 e. The number of hydrogen-bond donors (Lipinski definition) is 1. The summed E-state index contributed by atoms with van der Waals surface area (Å²) in [6, 6.07) is 0. The Morgan fingerprint density at radius 2 is 2.00 bits per heavy atom. The molecule has 3 heteroatoms. The molecule has 0 spiro atoms. The molecule has 3 nitrogen and oxygen atoms in total. The van der Waals surface area contributed by atoms with E-state index in [1.54, 1.807) is 0 Å². The maximum Gasteiger partial charge on any atom is 0.222 e. The lowest BCUT2D eigenvalue weighted by atomic mass is 9.94. The van der Waals surface area contributed by atoms with Crippen LogP contribution in [0.1, 0.15) is 32.6 Å².